The van der Waals surface area contributed by atoms with Crippen LogP contribution < -0.4 is 4.90 Å². The van der Waals surface area contributed by atoms with E-state index in [9.17, 15) is 14.0 Å². The number of benzene rings is 1. The second-order valence-electron chi connectivity index (χ2n) is 4.28. The van der Waals surface area contributed by atoms with E-state index >= 15 is 0 Å². The fourth-order valence-electron chi connectivity index (χ4n) is 1.72. The predicted molar refractivity (Wildman–Crippen MR) is 60.7 cm³/mol. The summed E-state index contributed by atoms with van der Waals surface area (Å²) in [4.78, 5) is 24.1. The zero-order chi connectivity index (χ0) is 13.3. The van der Waals surface area contributed by atoms with Gasteiger partial charge in [-0.25, -0.2) is 9.18 Å². The van der Waals surface area contributed by atoms with Crippen LogP contribution in [0.1, 0.15) is 6.92 Å². The van der Waals surface area contributed by atoms with Crippen LogP contribution in [0, 0.1) is 5.82 Å². The number of ether oxygens (including phenoxy) is 1. The van der Waals surface area contributed by atoms with Crippen LogP contribution in [0.15, 0.2) is 24.3 Å². The Labute approximate surface area is 103 Å². The van der Waals surface area contributed by atoms with Gasteiger partial charge < -0.3 is 14.7 Å². The summed E-state index contributed by atoms with van der Waals surface area (Å²) < 4.78 is 17.9. The number of hydrogen-bond acceptors (Lipinski definition) is 3. The normalized spacial score (nSPS) is 24.1. The molecule has 1 aromatic rings. The topological polar surface area (TPSA) is 66.8 Å². The Morgan fingerprint density at radius 2 is 2.06 bits per heavy atom. The second-order valence-corrected chi connectivity index (χ2v) is 4.28. The third-order valence-corrected chi connectivity index (χ3v) is 2.87. The molecule has 96 valence electrons. The zero-order valence-electron chi connectivity index (χ0n) is 9.72. The standard InChI is InChI=1S/C12H12FNO4/c1-12(11(16)17)7-14(10(15)6-18-12)9-4-2-8(13)3-5-9/h2-5H,6-7H2,1H3,(H,16,17). The van der Waals surface area contributed by atoms with E-state index in [0.29, 0.717) is 5.69 Å². The number of halogens is 1. The molecule has 6 heteroatoms. The SMILES string of the molecule is CC1(C(=O)O)CN(c2ccc(F)cc2)C(=O)CO1. The number of aliphatic carboxylic acids is 1. The van der Waals surface area contributed by atoms with Gasteiger partial charge in [0.05, 0.1) is 6.54 Å². The first-order valence-corrected chi connectivity index (χ1v) is 5.36. The van der Waals surface area contributed by atoms with Gasteiger partial charge in [0.15, 0.2) is 5.60 Å². The van der Waals surface area contributed by atoms with Crippen molar-refractivity contribution < 1.29 is 23.8 Å². The average Bonchev–Trinajstić information content (AvgIpc) is 2.33. The molecule has 0 bridgehead atoms. The van der Waals surface area contributed by atoms with Crippen LogP contribution in [-0.2, 0) is 14.3 Å². The molecule has 1 heterocycles. The lowest BCUT2D eigenvalue weighted by Crippen LogP contribution is -2.57. The quantitative estimate of drug-likeness (QED) is 0.855. The summed E-state index contributed by atoms with van der Waals surface area (Å²) in [5.74, 6) is -1.90. The Balaban J connectivity index is 2.28. The lowest BCUT2D eigenvalue weighted by molar-refractivity contribution is -0.168. The molecule has 1 fully saturated rings. The van der Waals surface area contributed by atoms with Crippen molar-refractivity contribution in [2.75, 3.05) is 18.1 Å². The van der Waals surface area contributed by atoms with Crippen LogP contribution in [-0.4, -0.2) is 35.7 Å². The largest absolute Gasteiger partial charge is 0.479 e. The molecule has 1 aromatic carbocycles. The van der Waals surface area contributed by atoms with Crippen molar-refractivity contribution in [2.24, 2.45) is 0 Å². The molecule has 0 aliphatic carbocycles. The number of amides is 1. The first kappa shape index (κ1) is 12.5. The second kappa shape index (κ2) is 4.38. The molecule has 1 amide bonds. The van der Waals surface area contributed by atoms with Gasteiger partial charge in [0.25, 0.3) is 5.91 Å². The van der Waals surface area contributed by atoms with Crippen LogP contribution in [0.4, 0.5) is 10.1 Å². The molecule has 2 rings (SSSR count). The molecule has 1 aliphatic heterocycles. The molecule has 1 aliphatic rings. The first-order chi connectivity index (χ1) is 8.42. The minimum atomic E-state index is -1.44. The summed E-state index contributed by atoms with van der Waals surface area (Å²) in [5, 5.41) is 9.07. The highest BCUT2D eigenvalue weighted by molar-refractivity contribution is 5.97. The van der Waals surface area contributed by atoms with Crippen molar-refractivity contribution in [1.82, 2.24) is 0 Å². The van der Waals surface area contributed by atoms with Gasteiger partial charge in [-0.1, -0.05) is 0 Å². The van der Waals surface area contributed by atoms with E-state index in [2.05, 4.69) is 0 Å². The maximum atomic E-state index is 12.8. The molecular formula is C12H12FNO4. The van der Waals surface area contributed by atoms with Gasteiger partial charge in [-0.2, -0.15) is 0 Å². The minimum Gasteiger partial charge on any atom is -0.479 e. The van der Waals surface area contributed by atoms with Crippen molar-refractivity contribution in [1.29, 1.82) is 0 Å². The number of carbonyl (C=O) groups is 2. The third-order valence-electron chi connectivity index (χ3n) is 2.87. The van der Waals surface area contributed by atoms with Gasteiger partial charge in [-0.3, -0.25) is 4.79 Å². The van der Waals surface area contributed by atoms with Crippen LogP contribution in [0.25, 0.3) is 0 Å². The number of carbonyl (C=O) groups excluding carboxylic acids is 1. The number of rotatable bonds is 2. The summed E-state index contributed by atoms with van der Waals surface area (Å²) >= 11 is 0. The average molecular weight is 253 g/mol. The molecule has 1 saturated heterocycles. The van der Waals surface area contributed by atoms with E-state index in [0.717, 1.165) is 0 Å². The van der Waals surface area contributed by atoms with E-state index < -0.39 is 17.4 Å². The Hall–Kier alpha value is -1.95. The number of hydrogen-bond donors (Lipinski definition) is 1. The molecule has 18 heavy (non-hydrogen) atoms. The van der Waals surface area contributed by atoms with E-state index in [1.54, 1.807) is 0 Å². The molecule has 0 saturated carbocycles. The highest BCUT2D eigenvalue weighted by atomic mass is 19.1. The van der Waals surface area contributed by atoms with Gasteiger partial charge in [0.1, 0.15) is 12.4 Å². The number of morpholine rings is 1. The first-order valence-electron chi connectivity index (χ1n) is 5.36. The fourth-order valence-corrected chi connectivity index (χ4v) is 1.72. The van der Waals surface area contributed by atoms with Crippen molar-refractivity contribution in [3.05, 3.63) is 30.1 Å². The van der Waals surface area contributed by atoms with Crippen molar-refractivity contribution >= 4 is 17.6 Å². The van der Waals surface area contributed by atoms with Crippen LogP contribution in [0.5, 0.6) is 0 Å². The van der Waals surface area contributed by atoms with Gasteiger partial charge in [0.2, 0.25) is 0 Å². The Morgan fingerprint density at radius 3 is 2.61 bits per heavy atom. The van der Waals surface area contributed by atoms with E-state index in [1.807, 2.05) is 0 Å². The summed E-state index contributed by atoms with van der Waals surface area (Å²) in [6, 6.07) is 5.30. The number of carboxylic acids is 1. The molecule has 1 N–H and O–H groups in total. The van der Waals surface area contributed by atoms with Crippen LogP contribution >= 0.6 is 0 Å². The summed E-state index contributed by atoms with van der Waals surface area (Å²) in [7, 11) is 0. The Morgan fingerprint density at radius 1 is 1.44 bits per heavy atom. The highest BCUT2D eigenvalue weighted by Crippen LogP contribution is 2.24. The molecule has 5 nitrogen and oxygen atoms in total. The van der Waals surface area contributed by atoms with Crippen LogP contribution in [0.2, 0.25) is 0 Å². The van der Waals surface area contributed by atoms with Crippen molar-refractivity contribution in [3.63, 3.8) is 0 Å². The van der Waals surface area contributed by atoms with Crippen LogP contribution in [0.3, 0.4) is 0 Å². The molecule has 0 radical (unpaired) electrons. The van der Waals surface area contributed by atoms with Crippen molar-refractivity contribution in [2.45, 2.75) is 12.5 Å². The molecule has 0 aromatic heterocycles. The van der Waals surface area contributed by atoms with Crippen molar-refractivity contribution in [3.8, 4) is 0 Å². The predicted octanol–water partition coefficient (Wildman–Crippen LogP) is 1.03. The van der Waals surface area contributed by atoms with Gasteiger partial charge in [-0.05, 0) is 31.2 Å². The maximum absolute atomic E-state index is 12.8. The monoisotopic (exact) mass is 253 g/mol. The molecular weight excluding hydrogens is 241 g/mol. The maximum Gasteiger partial charge on any atom is 0.337 e. The number of carboxylic acid groups (broad SMARTS) is 1. The Bertz CT molecular complexity index is 487. The fraction of sp³-hybridized carbons (Fsp3) is 0.333. The van der Waals surface area contributed by atoms with Gasteiger partial charge in [-0.15, -0.1) is 0 Å². The van der Waals surface area contributed by atoms with E-state index in [-0.39, 0.29) is 19.1 Å². The lowest BCUT2D eigenvalue weighted by Gasteiger charge is -2.37. The zero-order valence-corrected chi connectivity index (χ0v) is 9.72. The Kier molecular flexibility index (Phi) is 3.04. The highest BCUT2D eigenvalue weighted by Gasteiger charge is 2.42. The molecule has 0 spiro atoms. The minimum absolute atomic E-state index is 0.104. The van der Waals surface area contributed by atoms with Gasteiger partial charge >= 0.3 is 5.97 Å². The molecule has 1 unspecified atom stereocenters. The van der Waals surface area contributed by atoms with Gasteiger partial charge in [0, 0.05) is 5.69 Å². The smallest absolute Gasteiger partial charge is 0.337 e. The van der Waals surface area contributed by atoms with E-state index in [4.69, 9.17) is 9.84 Å². The summed E-state index contributed by atoms with van der Waals surface area (Å²) in [6.45, 7) is 0.991. The summed E-state index contributed by atoms with van der Waals surface area (Å²) in [5.41, 5.74) is -0.986. The third kappa shape index (κ3) is 2.19. The summed E-state index contributed by atoms with van der Waals surface area (Å²) in [6.07, 6.45) is 0. The number of nitrogens with zero attached hydrogens (tertiary/aromatic N) is 1. The van der Waals surface area contributed by atoms with E-state index in [1.165, 1.54) is 36.1 Å². The lowest BCUT2D eigenvalue weighted by atomic mass is 10.0. The molecule has 1 atom stereocenters. The number of anilines is 1.